The van der Waals surface area contributed by atoms with Crippen LogP contribution in [-0.4, -0.2) is 25.5 Å². The summed E-state index contributed by atoms with van der Waals surface area (Å²) in [4.78, 5) is 12.2. The molecule has 142 valence electrons. The summed E-state index contributed by atoms with van der Waals surface area (Å²) in [5.41, 5.74) is 5.88. The SMILES string of the molecule is O=C(NNC(=S)Nc1ccccc1)c1ccc(Cl)c(S(=O)(=O)NC2CC2)c1. The Morgan fingerprint density at radius 3 is 2.44 bits per heavy atom. The number of anilines is 1. The molecule has 0 heterocycles. The van der Waals surface area contributed by atoms with E-state index in [1.165, 1.54) is 18.2 Å². The molecule has 2 aromatic carbocycles. The molecule has 27 heavy (non-hydrogen) atoms. The lowest BCUT2D eigenvalue weighted by atomic mass is 10.2. The fraction of sp³-hybridized carbons (Fsp3) is 0.176. The van der Waals surface area contributed by atoms with Gasteiger partial charge in [-0.05, 0) is 55.4 Å². The normalized spacial score (nSPS) is 13.7. The molecular weight excluding hydrogens is 408 g/mol. The quantitative estimate of drug-likeness (QED) is 0.434. The predicted molar refractivity (Wildman–Crippen MR) is 108 cm³/mol. The molecule has 0 unspecified atom stereocenters. The Morgan fingerprint density at radius 1 is 1.07 bits per heavy atom. The van der Waals surface area contributed by atoms with Crippen molar-refractivity contribution >= 4 is 50.5 Å². The molecule has 0 aromatic heterocycles. The molecule has 1 aliphatic carbocycles. The highest BCUT2D eigenvalue weighted by Gasteiger charge is 2.29. The van der Waals surface area contributed by atoms with Crippen LogP contribution in [0.2, 0.25) is 5.02 Å². The molecule has 0 bridgehead atoms. The predicted octanol–water partition coefficient (Wildman–Crippen LogP) is 2.41. The third-order valence-electron chi connectivity index (χ3n) is 3.70. The zero-order valence-corrected chi connectivity index (χ0v) is 16.4. The number of hydrazine groups is 1. The summed E-state index contributed by atoms with van der Waals surface area (Å²) in [6, 6.07) is 13.2. The first-order valence-electron chi connectivity index (χ1n) is 8.09. The van der Waals surface area contributed by atoms with Crippen LogP contribution in [-0.2, 0) is 10.0 Å². The van der Waals surface area contributed by atoms with Gasteiger partial charge in [0.05, 0.1) is 5.02 Å². The Labute approximate surface area is 167 Å². The fourth-order valence-electron chi connectivity index (χ4n) is 2.20. The number of para-hydroxylation sites is 1. The summed E-state index contributed by atoms with van der Waals surface area (Å²) in [5, 5.41) is 3.14. The van der Waals surface area contributed by atoms with Crippen LogP contribution in [0.5, 0.6) is 0 Å². The Morgan fingerprint density at radius 2 is 1.78 bits per heavy atom. The van der Waals surface area contributed by atoms with Crippen LogP contribution in [0.3, 0.4) is 0 Å². The van der Waals surface area contributed by atoms with Gasteiger partial charge in [-0.2, -0.15) is 0 Å². The third-order valence-corrected chi connectivity index (χ3v) is 5.91. The fourth-order valence-corrected chi connectivity index (χ4v) is 4.20. The van der Waals surface area contributed by atoms with Crippen LogP contribution in [0.4, 0.5) is 5.69 Å². The van der Waals surface area contributed by atoms with Gasteiger partial charge in [-0.15, -0.1) is 0 Å². The third kappa shape index (κ3) is 5.39. The summed E-state index contributed by atoms with van der Waals surface area (Å²) >= 11 is 11.1. The van der Waals surface area contributed by atoms with Gasteiger partial charge in [0.15, 0.2) is 5.11 Å². The van der Waals surface area contributed by atoms with Gasteiger partial charge >= 0.3 is 0 Å². The van der Waals surface area contributed by atoms with Crippen molar-refractivity contribution in [2.24, 2.45) is 0 Å². The average molecular weight is 425 g/mol. The highest BCUT2D eigenvalue weighted by molar-refractivity contribution is 7.89. The number of hydrogen-bond donors (Lipinski definition) is 4. The van der Waals surface area contributed by atoms with Crippen LogP contribution >= 0.6 is 23.8 Å². The molecule has 10 heteroatoms. The Kier molecular flexibility index (Phi) is 5.95. The number of rotatable bonds is 5. The largest absolute Gasteiger partial charge is 0.331 e. The van der Waals surface area contributed by atoms with Gasteiger partial charge in [0.1, 0.15) is 4.90 Å². The van der Waals surface area contributed by atoms with E-state index in [2.05, 4.69) is 20.9 Å². The van der Waals surface area contributed by atoms with Crippen molar-refractivity contribution < 1.29 is 13.2 Å². The monoisotopic (exact) mass is 424 g/mol. The zero-order chi connectivity index (χ0) is 19.4. The van der Waals surface area contributed by atoms with Crippen LogP contribution in [0.25, 0.3) is 0 Å². The molecule has 1 saturated carbocycles. The summed E-state index contributed by atoms with van der Waals surface area (Å²) in [7, 11) is -3.78. The smallest absolute Gasteiger partial charge is 0.269 e. The molecular formula is C17H17ClN4O3S2. The van der Waals surface area contributed by atoms with E-state index in [9.17, 15) is 13.2 Å². The Balaban J connectivity index is 1.64. The molecule has 0 spiro atoms. The molecule has 7 nitrogen and oxygen atoms in total. The molecule has 0 aliphatic heterocycles. The van der Waals surface area contributed by atoms with Gasteiger partial charge in [0.2, 0.25) is 10.0 Å². The van der Waals surface area contributed by atoms with Gasteiger partial charge in [-0.25, -0.2) is 13.1 Å². The van der Waals surface area contributed by atoms with Gasteiger partial charge in [-0.3, -0.25) is 15.6 Å². The van der Waals surface area contributed by atoms with E-state index >= 15 is 0 Å². The number of hydrogen-bond acceptors (Lipinski definition) is 4. The molecule has 4 N–H and O–H groups in total. The van der Waals surface area contributed by atoms with Crippen LogP contribution in [0.15, 0.2) is 53.4 Å². The van der Waals surface area contributed by atoms with E-state index in [4.69, 9.17) is 23.8 Å². The molecule has 3 rings (SSSR count). The first-order chi connectivity index (χ1) is 12.8. The Hall–Kier alpha value is -2.20. The summed E-state index contributed by atoms with van der Waals surface area (Å²) < 4.78 is 27.3. The topological polar surface area (TPSA) is 99.3 Å². The first kappa shape index (κ1) is 19.6. The number of thiocarbonyl (C=S) groups is 1. The van der Waals surface area contributed by atoms with Crippen molar-refractivity contribution in [1.82, 2.24) is 15.6 Å². The molecule has 1 amide bonds. The minimum atomic E-state index is -3.78. The number of benzene rings is 2. The lowest BCUT2D eigenvalue weighted by Gasteiger charge is -2.13. The maximum atomic E-state index is 12.4. The van der Waals surface area contributed by atoms with Crippen molar-refractivity contribution in [3.8, 4) is 0 Å². The van der Waals surface area contributed by atoms with Gasteiger partial charge in [-0.1, -0.05) is 29.8 Å². The second-order valence-corrected chi connectivity index (χ2v) is 8.44. The molecule has 2 aromatic rings. The molecule has 1 fully saturated rings. The maximum Gasteiger partial charge on any atom is 0.269 e. The number of nitrogens with one attached hydrogen (secondary N) is 4. The molecule has 1 aliphatic rings. The van der Waals surface area contributed by atoms with Crippen molar-refractivity contribution in [3.05, 3.63) is 59.1 Å². The Bertz CT molecular complexity index is 963. The average Bonchev–Trinajstić information content (AvgIpc) is 3.44. The van der Waals surface area contributed by atoms with Gasteiger partial charge < -0.3 is 5.32 Å². The molecule has 0 atom stereocenters. The minimum Gasteiger partial charge on any atom is -0.331 e. The summed E-state index contributed by atoms with van der Waals surface area (Å²) in [6.07, 6.45) is 1.60. The number of halogens is 1. The van der Waals surface area contributed by atoms with Crippen LogP contribution < -0.4 is 20.9 Å². The van der Waals surface area contributed by atoms with E-state index in [-0.39, 0.29) is 26.6 Å². The van der Waals surface area contributed by atoms with Gasteiger partial charge in [0, 0.05) is 17.3 Å². The lowest BCUT2D eigenvalue weighted by molar-refractivity contribution is 0.0944. The van der Waals surface area contributed by atoms with E-state index in [1.807, 2.05) is 30.3 Å². The lowest BCUT2D eigenvalue weighted by Crippen LogP contribution is -2.43. The number of sulfonamides is 1. The minimum absolute atomic E-state index is 0.0499. The van der Waals surface area contributed by atoms with E-state index in [0.717, 1.165) is 18.5 Å². The zero-order valence-electron chi connectivity index (χ0n) is 14.0. The number of amides is 1. The summed E-state index contributed by atoms with van der Waals surface area (Å²) in [5.74, 6) is -0.549. The van der Waals surface area contributed by atoms with Crippen molar-refractivity contribution in [3.63, 3.8) is 0 Å². The summed E-state index contributed by atoms with van der Waals surface area (Å²) in [6.45, 7) is 0. The van der Waals surface area contributed by atoms with Crippen molar-refractivity contribution in [1.29, 1.82) is 0 Å². The van der Waals surface area contributed by atoms with Crippen molar-refractivity contribution in [2.45, 2.75) is 23.8 Å². The van der Waals surface area contributed by atoms with E-state index in [1.54, 1.807) is 0 Å². The first-order valence-corrected chi connectivity index (χ1v) is 10.4. The highest BCUT2D eigenvalue weighted by Crippen LogP contribution is 2.26. The van der Waals surface area contributed by atoms with E-state index < -0.39 is 15.9 Å². The standard InChI is InChI=1S/C17H17ClN4O3S2/c18-14-9-6-11(10-15(14)27(24,25)22-13-7-8-13)16(23)20-21-17(26)19-12-4-2-1-3-5-12/h1-6,9-10,13,22H,7-8H2,(H,20,23)(H2,19,21,26). The number of carbonyl (C=O) groups is 1. The van der Waals surface area contributed by atoms with E-state index in [0.29, 0.717) is 0 Å². The van der Waals surface area contributed by atoms with Crippen LogP contribution in [0, 0.1) is 0 Å². The molecule has 0 radical (unpaired) electrons. The highest BCUT2D eigenvalue weighted by atomic mass is 35.5. The number of carbonyl (C=O) groups excluding carboxylic acids is 1. The second kappa shape index (κ2) is 8.22. The molecule has 0 saturated heterocycles. The second-order valence-electron chi connectivity index (χ2n) is 5.94. The van der Waals surface area contributed by atoms with Gasteiger partial charge in [0.25, 0.3) is 5.91 Å². The van der Waals surface area contributed by atoms with Crippen molar-refractivity contribution in [2.75, 3.05) is 5.32 Å². The van der Waals surface area contributed by atoms with Crippen LogP contribution in [0.1, 0.15) is 23.2 Å². The maximum absolute atomic E-state index is 12.4.